The highest BCUT2D eigenvalue weighted by Crippen LogP contribution is 2.27. The van der Waals surface area contributed by atoms with Crippen LogP contribution in [0.4, 0.5) is 0 Å². The molecule has 4 rings (SSSR count). The van der Waals surface area contributed by atoms with Crippen LogP contribution in [-0.4, -0.2) is 32.9 Å². The summed E-state index contributed by atoms with van der Waals surface area (Å²) in [5.41, 5.74) is 3.79. The summed E-state index contributed by atoms with van der Waals surface area (Å²) in [5.74, 6) is 1.69. The normalized spacial score (nSPS) is 19.6. The molecule has 0 unspecified atom stereocenters. The van der Waals surface area contributed by atoms with Gasteiger partial charge in [0, 0.05) is 48.0 Å². The molecule has 3 heterocycles. The zero-order chi connectivity index (χ0) is 14.2. The zero-order valence-corrected chi connectivity index (χ0v) is 12.3. The Kier molecular flexibility index (Phi) is 3.04. The summed E-state index contributed by atoms with van der Waals surface area (Å²) in [6.07, 6.45) is 5.14. The van der Waals surface area contributed by atoms with Crippen molar-refractivity contribution in [2.75, 3.05) is 13.1 Å². The SMILES string of the molecule is Cc1cnc([C@@H]2CCN(Cc3cccc4[nH]ccc34)C2)[nH]1. The molecule has 4 nitrogen and oxygen atoms in total. The van der Waals surface area contributed by atoms with E-state index in [1.807, 2.05) is 12.4 Å². The minimum atomic E-state index is 0.545. The van der Waals surface area contributed by atoms with Crippen molar-refractivity contribution in [1.82, 2.24) is 19.9 Å². The van der Waals surface area contributed by atoms with Crippen LogP contribution in [-0.2, 0) is 6.54 Å². The molecule has 2 N–H and O–H groups in total. The second kappa shape index (κ2) is 5.04. The van der Waals surface area contributed by atoms with Gasteiger partial charge < -0.3 is 9.97 Å². The van der Waals surface area contributed by atoms with Gasteiger partial charge in [-0.1, -0.05) is 12.1 Å². The molecule has 108 valence electrons. The van der Waals surface area contributed by atoms with Crippen molar-refractivity contribution in [1.29, 1.82) is 0 Å². The highest BCUT2D eigenvalue weighted by molar-refractivity contribution is 5.82. The first-order valence-electron chi connectivity index (χ1n) is 7.58. The fraction of sp³-hybridized carbons (Fsp3) is 0.353. The smallest absolute Gasteiger partial charge is 0.110 e. The van der Waals surface area contributed by atoms with Gasteiger partial charge in [-0.3, -0.25) is 4.90 Å². The Morgan fingerprint density at radius 2 is 2.29 bits per heavy atom. The molecule has 2 aromatic heterocycles. The molecule has 21 heavy (non-hydrogen) atoms. The molecular formula is C17H20N4. The van der Waals surface area contributed by atoms with Gasteiger partial charge in [-0.15, -0.1) is 0 Å². The van der Waals surface area contributed by atoms with E-state index in [0.29, 0.717) is 5.92 Å². The number of aryl methyl sites for hydroxylation is 1. The lowest BCUT2D eigenvalue weighted by atomic mass is 10.1. The van der Waals surface area contributed by atoms with Crippen molar-refractivity contribution in [3.63, 3.8) is 0 Å². The largest absolute Gasteiger partial charge is 0.361 e. The number of rotatable bonds is 3. The molecule has 1 fully saturated rings. The molecule has 0 aliphatic carbocycles. The molecule has 0 saturated carbocycles. The summed E-state index contributed by atoms with van der Waals surface area (Å²) in [6, 6.07) is 8.68. The molecule has 1 aliphatic rings. The Morgan fingerprint density at radius 1 is 1.33 bits per heavy atom. The molecule has 1 atom stereocenters. The zero-order valence-electron chi connectivity index (χ0n) is 12.3. The number of hydrogen-bond donors (Lipinski definition) is 2. The van der Waals surface area contributed by atoms with E-state index in [0.717, 1.165) is 31.2 Å². The summed E-state index contributed by atoms with van der Waals surface area (Å²) in [4.78, 5) is 13.7. The van der Waals surface area contributed by atoms with E-state index in [1.54, 1.807) is 0 Å². The number of H-pyrrole nitrogens is 2. The van der Waals surface area contributed by atoms with Gasteiger partial charge in [0.2, 0.25) is 0 Å². The van der Waals surface area contributed by atoms with Gasteiger partial charge in [0.15, 0.2) is 0 Å². The van der Waals surface area contributed by atoms with Crippen molar-refractivity contribution in [2.45, 2.75) is 25.8 Å². The minimum absolute atomic E-state index is 0.545. The Bertz CT molecular complexity index is 755. The average molecular weight is 280 g/mol. The van der Waals surface area contributed by atoms with Crippen LogP contribution in [0.3, 0.4) is 0 Å². The van der Waals surface area contributed by atoms with Gasteiger partial charge in [-0.2, -0.15) is 0 Å². The van der Waals surface area contributed by atoms with Crippen LogP contribution in [0.5, 0.6) is 0 Å². The quantitative estimate of drug-likeness (QED) is 0.774. The first-order valence-corrected chi connectivity index (χ1v) is 7.58. The van der Waals surface area contributed by atoms with Crippen LogP contribution in [0.15, 0.2) is 36.7 Å². The summed E-state index contributed by atoms with van der Waals surface area (Å²) >= 11 is 0. The number of hydrogen-bond acceptors (Lipinski definition) is 2. The highest BCUT2D eigenvalue weighted by atomic mass is 15.2. The number of likely N-dealkylation sites (tertiary alicyclic amines) is 1. The Hall–Kier alpha value is -2.07. The molecule has 0 bridgehead atoms. The number of nitrogens with one attached hydrogen (secondary N) is 2. The van der Waals surface area contributed by atoms with E-state index >= 15 is 0 Å². The van der Waals surface area contributed by atoms with E-state index < -0.39 is 0 Å². The van der Waals surface area contributed by atoms with Gasteiger partial charge in [-0.25, -0.2) is 4.98 Å². The molecule has 0 radical (unpaired) electrons. The third kappa shape index (κ3) is 2.36. The second-order valence-electron chi connectivity index (χ2n) is 6.03. The lowest BCUT2D eigenvalue weighted by Gasteiger charge is -2.16. The molecule has 3 aromatic rings. The maximum atomic E-state index is 4.49. The summed E-state index contributed by atoms with van der Waals surface area (Å²) in [5, 5.41) is 1.34. The molecule has 1 aromatic carbocycles. The first kappa shape index (κ1) is 12.7. The van der Waals surface area contributed by atoms with E-state index in [9.17, 15) is 0 Å². The third-order valence-corrected chi connectivity index (χ3v) is 4.46. The molecular weight excluding hydrogens is 260 g/mol. The molecule has 1 saturated heterocycles. The van der Waals surface area contributed by atoms with Gasteiger partial charge >= 0.3 is 0 Å². The Morgan fingerprint density at radius 3 is 3.14 bits per heavy atom. The van der Waals surface area contributed by atoms with Crippen LogP contribution in [0.1, 0.15) is 29.4 Å². The fourth-order valence-electron chi connectivity index (χ4n) is 3.37. The van der Waals surface area contributed by atoms with Crippen LogP contribution in [0.25, 0.3) is 10.9 Å². The Labute approximate surface area is 124 Å². The number of imidazole rings is 1. The van der Waals surface area contributed by atoms with Crippen molar-refractivity contribution < 1.29 is 0 Å². The highest BCUT2D eigenvalue weighted by Gasteiger charge is 2.26. The number of fused-ring (bicyclic) bond motifs is 1. The lowest BCUT2D eigenvalue weighted by molar-refractivity contribution is 0.327. The fourth-order valence-corrected chi connectivity index (χ4v) is 3.37. The molecule has 1 aliphatic heterocycles. The number of aromatic amines is 2. The monoisotopic (exact) mass is 280 g/mol. The van der Waals surface area contributed by atoms with Crippen LogP contribution in [0.2, 0.25) is 0 Å². The van der Waals surface area contributed by atoms with Crippen LogP contribution >= 0.6 is 0 Å². The van der Waals surface area contributed by atoms with Crippen molar-refractivity contribution in [2.24, 2.45) is 0 Å². The van der Waals surface area contributed by atoms with Crippen molar-refractivity contribution >= 4 is 10.9 Å². The maximum Gasteiger partial charge on any atom is 0.110 e. The maximum absolute atomic E-state index is 4.49. The first-order chi connectivity index (χ1) is 10.3. The van der Waals surface area contributed by atoms with Crippen LogP contribution in [0, 0.1) is 6.92 Å². The summed E-state index contributed by atoms with van der Waals surface area (Å²) in [7, 11) is 0. The van der Waals surface area contributed by atoms with Gasteiger partial charge in [-0.05, 0) is 37.6 Å². The van der Waals surface area contributed by atoms with Crippen molar-refractivity contribution in [3.8, 4) is 0 Å². The summed E-state index contributed by atoms with van der Waals surface area (Å²) in [6.45, 7) is 5.32. The molecule has 0 spiro atoms. The van der Waals surface area contributed by atoms with E-state index in [2.05, 4.69) is 51.0 Å². The molecule has 4 heteroatoms. The van der Waals surface area contributed by atoms with Gasteiger partial charge in [0.1, 0.15) is 5.82 Å². The van der Waals surface area contributed by atoms with E-state index in [-0.39, 0.29) is 0 Å². The predicted molar refractivity (Wildman–Crippen MR) is 84.3 cm³/mol. The second-order valence-corrected chi connectivity index (χ2v) is 6.03. The molecule has 0 amide bonds. The van der Waals surface area contributed by atoms with Crippen molar-refractivity contribution in [3.05, 3.63) is 53.7 Å². The van der Waals surface area contributed by atoms with Crippen LogP contribution < -0.4 is 0 Å². The predicted octanol–water partition coefficient (Wildman–Crippen LogP) is 3.19. The Balaban J connectivity index is 1.50. The summed E-state index contributed by atoms with van der Waals surface area (Å²) < 4.78 is 0. The number of nitrogens with zero attached hydrogens (tertiary/aromatic N) is 2. The topological polar surface area (TPSA) is 47.7 Å². The van der Waals surface area contributed by atoms with Gasteiger partial charge in [0.05, 0.1) is 0 Å². The standard InChI is InChI=1S/C17H20N4/c1-12-9-19-17(20-12)14-6-8-21(11-14)10-13-3-2-4-16-15(13)5-7-18-16/h2-5,7,9,14,18H,6,8,10-11H2,1H3,(H,19,20)/t14-/m1/s1. The van der Waals surface area contributed by atoms with Gasteiger partial charge in [0.25, 0.3) is 0 Å². The number of benzene rings is 1. The van der Waals surface area contributed by atoms with E-state index in [4.69, 9.17) is 0 Å². The van der Waals surface area contributed by atoms with E-state index in [1.165, 1.54) is 22.9 Å². The lowest BCUT2D eigenvalue weighted by Crippen LogP contribution is -2.20. The number of aromatic nitrogens is 3. The minimum Gasteiger partial charge on any atom is -0.361 e. The third-order valence-electron chi connectivity index (χ3n) is 4.46. The average Bonchev–Trinajstić information content (AvgIpc) is 3.18.